The molecule has 0 unspecified atom stereocenters. The topological polar surface area (TPSA) is 101 Å². The van der Waals surface area contributed by atoms with Crippen LogP contribution in [-0.2, 0) is 6.54 Å². The lowest BCUT2D eigenvalue weighted by Gasteiger charge is -2.39. The molecule has 1 saturated heterocycles. The number of halogens is 5. The molecule has 9 nitrogen and oxygen atoms in total. The Morgan fingerprint density at radius 2 is 1.93 bits per heavy atom. The van der Waals surface area contributed by atoms with Crippen LogP contribution in [-0.4, -0.2) is 85.0 Å². The van der Waals surface area contributed by atoms with E-state index in [4.69, 9.17) is 4.74 Å². The first-order valence-electron chi connectivity index (χ1n) is 13.3. The molecule has 2 aromatic carbocycles. The lowest BCUT2D eigenvalue weighted by Crippen LogP contribution is -2.58. The van der Waals surface area contributed by atoms with E-state index < -0.39 is 42.1 Å². The number of imidazole rings is 1. The summed E-state index contributed by atoms with van der Waals surface area (Å²) in [7, 11) is 4.46. The second kappa shape index (κ2) is 12.5. The molecule has 0 bridgehead atoms. The van der Waals surface area contributed by atoms with Gasteiger partial charge in [0.1, 0.15) is 29.3 Å². The summed E-state index contributed by atoms with van der Waals surface area (Å²) in [4.78, 5) is 31.2. The maximum Gasteiger partial charge on any atom is 0.406 e. The molecule has 14 heteroatoms. The van der Waals surface area contributed by atoms with E-state index in [1.54, 1.807) is 7.05 Å². The Labute approximate surface area is 244 Å². The molecule has 3 aromatic rings. The van der Waals surface area contributed by atoms with Gasteiger partial charge in [-0.1, -0.05) is 11.8 Å². The summed E-state index contributed by atoms with van der Waals surface area (Å²) in [6.07, 6.45) is -3.21. The quantitative estimate of drug-likeness (QED) is 0.280. The maximum atomic E-state index is 15.3. The lowest BCUT2D eigenvalue weighted by molar-refractivity contribution is -0.140. The molecule has 1 aliphatic heterocycles. The number of carbonyl (C=O) groups excluding carboxylic acids is 2. The normalized spacial score (nSPS) is 19.0. The first-order chi connectivity index (χ1) is 20.2. The first kappa shape index (κ1) is 31.6. The number of hydrogen-bond donors (Lipinski definition) is 3. The minimum Gasteiger partial charge on any atom is -0.494 e. The molecule has 2 heterocycles. The molecule has 0 saturated carbocycles. The number of piperidine rings is 1. The fraction of sp³-hybridized carbons (Fsp3) is 0.414. The van der Waals surface area contributed by atoms with E-state index in [0.717, 1.165) is 17.0 Å². The number of amides is 2. The van der Waals surface area contributed by atoms with Crippen molar-refractivity contribution in [3.63, 3.8) is 0 Å². The third-order valence-corrected chi connectivity index (χ3v) is 7.09. The Kier molecular flexibility index (Phi) is 9.15. The van der Waals surface area contributed by atoms with Crippen molar-refractivity contribution in [2.75, 3.05) is 46.2 Å². The highest BCUT2D eigenvalue weighted by Gasteiger charge is 2.40. The van der Waals surface area contributed by atoms with Crippen LogP contribution in [0.4, 0.5) is 27.6 Å². The van der Waals surface area contributed by atoms with E-state index in [0.29, 0.717) is 13.0 Å². The Morgan fingerprint density at radius 3 is 2.58 bits per heavy atom. The second-order valence-corrected chi connectivity index (χ2v) is 10.5. The van der Waals surface area contributed by atoms with Gasteiger partial charge in [0.2, 0.25) is 0 Å². The predicted molar refractivity (Wildman–Crippen MR) is 150 cm³/mol. The largest absolute Gasteiger partial charge is 0.494 e. The monoisotopic (exact) mass is 606 g/mol. The smallest absolute Gasteiger partial charge is 0.406 e. The number of anilines is 1. The van der Waals surface area contributed by atoms with Crippen molar-refractivity contribution in [1.29, 1.82) is 0 Å². The third-order valence-electron chi connectivity index (χ3n) is 7.09. The van der Waals surface area contributed by atoms with Gasteiger partial charge in [0.25, 0.3) is 11.8 Å². The number of fused-ring (bicyclic) bond motifs is 1. The summed E-state index contributed by atoms with van der Waals surface area (Å²) >= 11 is 0. The number of hydrogen-bond acceptors (Lipinski definition) is 6. The molecule has 1 aromatic heterocycles. The van der Waals surface area contributed by atoms with Crippen LogP contribution in [0.3, 0.4) is 0 Å². The number of nitrogens with one attached hydrogen (secondary N) is 3. The molecule has 230 valence electrons. The van der Waals surface area contributed by atoms with Gasteiger partial charge in [0.05, 0.1) is 48.4 Å². The molecular weight excluding hydrogens is 575 g/mol. The van der Waals surface area contributed by atoms with E-state index in [2.05, 4.69) is 32.8 Å². The molecule has 0 radical (unpaired) electrons. The number of rotatable bonds is 7. The van der Waals surface area contributed by atoms with Gasteiger partial charge >= 0.3 is 6.18 Å². The van der Waals surface area contributed by atoms with Crippen molar-refractivity contribution in [1.82, 2.24) is 25.1 Å². The maximum absolute atomic E-state index is 15.3. The number of aromatic nitrogens is 2. The molecule has 43 heavy (non-hydrogen) atoms. The number of carbonyl (C=O) groups is 2. The highest BCUT2D eigenvalue weighted by atomic mass is 19.4. The lowest BCUT2D eigenvalue weighted by atomic mass is 9.90. The Bertz CT molecular complexity index is 1590. The van der Waals surface area contributed by atoms with Gasteiger partial charge in [0.15, 0.2) is 0 Å². The molecule has 0 aliphatic carbocycles. The summed E-state index contributed by atoms with van der Waals surface area (Å²) in [5.74, 6) is 3.64. The molecule has 3 N–H and O–H groups in total. The zero-order valence-corrected chi connectivity index (χ0v) is 24.0. The number of ether oxygens (including phenoxy) is 1. The molecule has 2 atom stereocenters. The minimum atomic E-state index is -4.55. The van der Waals surface area contributed by atoms with Gasteiger partial charge in [-0.05, 0) is 38.6 Å². The molecule has 4 rings (SSSR count). The van der Waals surface area contributed by atoms with Crippen LogP contribution in [0.25, 0.3) is 11.0 Å². The van der Waals surface area contributed by atoms with Gasteiger partial charge in [-0.3, -0.25) is 9.59 Å². The van der Waals surface area contributed by atoms with Gasteiger partial charge < -0.3 is 30.2 Å². The summed E-state index contributed by atoms with van der Waals surface area (Å²) in [6.45, 7) is 0.687. The van der Waals surface area contributed by atoms with Crippen LogP contribution in [0.2, 0.25) is 0 Å². The average Bonchev–Trinajstić information content (AvgIpc) is 3.32. The van der Waals surface area contributed by atoms with E-state index in [9.17, 15) is 27.2 Å². The number of methoxy groups -OCH3 is 1. The fourth-order valence-corrected chi connectivity index (χ4v) is 5.01. The Balaban J connectivity index is 1.64. The van der Waals surface area contributed by atoms with E-state index in [1.807, 2.05) is 4.90 Å². The molecule has 1 fully saturated rings. The highest BCUT2D eigenvalue weighted by molar-refractivity contribution is 6.05. The third kappa shape index (κ3) is 7.34. The summed E-state index contributed by atoms with van der Waals surface area (Å²) in [5.41, 5.74) is -1.43. The van der Waals surface area contributed by atoms with Crippen LogP contribution in [0.15, 0.2) is 30.6 Å². The number of benzene rings is 2. The predicted octanol–water partition coefficient (Wildman–Crippen LogP) is 3.73. The van der Waals surface area contributed by atoms with Gasteiger partial charge in [-0.25, -0.2) is 13.8 Å². The van der Waals surface area contributed by atoms with Gasteiger partial charge in [-0.15, -0.1) is 0 Å². The summed E-state index contributed by atoms with van der Waals surface area (Å²) in [6, 6.07) is 4.28. The zero-order chi connectivity index (χ0) is 31.5. The second-order valence-electron chi connectivity index (χ2n) is 10.5. The zero-order valence-electron chi connectivity index (χ0n) is 24.0. The summed E-state index contributed by atoms with van der Waals surface area (Å²) in [5, 5.41) is 7.97. The van der Waals surface area contributed by atoms with E-state index in [-0.39, 0.29) is 52.3 Å². The molecule has 2 amide bonds. The van der Waals surface area contributed by atoms with Gasteiger partial charge in [0, 0.05) is 31.8 Å². The highest BCUT2D eigenvalue weighted by Crippen LogP contribution is 2.29. The molecular formula is C29H31F5N6O3. The van der Waals surface area contributed by atoms with Crippen LogP contribution in [0.1, 0.15) is 39.6 Å². The number of alkyl halides is 4. The van der Waals surface area contributed by atoms with Crippen LogP contribution in [0, 0.1) is 17.7 Å². The fourth-order valence-electron chi connectivity index (χ4n) is 5.01. The van der Waals surface area contributed by atoms with Crippen LogP contribution in [0.5, 0.6) is 5.75 Å². The van der Waals surface area contributed by atoms with Crippen molar-refractivity contribution in [3.05, 3.63) is 53.1 Å². The van der Waals surface area contributed by atoms with Crippen molar-refractivity contribution in [3.8, 4) is 17.6 Å². The van der Waals surface area contributed by atoms with Crippen molar-refractivity contribution in [2.24, 2.45) is 0 Å². The SMILES string of the molecule is CNC(=O)c1cc(NCC#Cc2cc(C(=O)N[C@H]3CCN(C)C[C@@]3(C)F)c3ncn(CC(F)(F)F)c3c2)c(OC)cc1F. The van der Waals surface area contributed by atoms with Gasteiger partial charge in [-0.2, -0.15) is 13.2 Å². The molecule has 1 aliphatic rings. The Hall–Kier alpha value is -4.38. The molecule has 0 spiro atoms. The van der Waals surface area contributed by atoms with Crippen LogP contribution < -0.4 is 20.7 Å². The number of likely N-dealkylation sites (tertiary alicyclic amines) is 1. The van der Waals surface area contributed by atoms with Crippen molar-refractivity contribution < 1.29 is 36.3 Å². The number of nitrogens with zero attached hydrogens (tertiary/aromatic N) is 3. The first-order valence-corrected chi connectivity index (χ1v) is 13.3. The standard InChI is InChI=1S/C29H31F5N6O3/c1-28(31)14-39(3)9-7-24(28)38-27(42)19-10-17(11-22-25(19)37-16-40(22)15-29(32,33)34)6-5-8-36-21-12-18(26(41)35-2)20(30)13-23(21)43-4/h10-13,16,24,36H,7-9,14-15H2,1-4H3,(H,35,41)(H,38,42)/t24-,28+/m0/s1. The average molecular weight is 607 g/mol. The summed E-state index contributed by atoms with van der Waals surface area (Å²) < 4.78 is 75.4. The van der Waals surface area contributed by atoms with E-state index >= 15 is 4.39 Å². The van der Waals surface area contributed by atoms with Crippen LogP contribution >= 0.6 is 0 Å². The van der Waals surface area contributed by atoms with Crippen molar-refractivity contribution >= 4 is 28.5 Å². The minimum absolute atomic E-state index is 0.0247. The Morgan fingerprint density at radius 1 is 1.19 bits per heavy atom. The van der Waals surface area contributed by atoms with Crippen molar-refractivity contribution in [2.45, 2.75) is 37.8 Å². The van der Waals surface area contributed by atoms with E-state index in [1.165, 1.54) is 39.3 Å².